The molecule has 0 aromatic heterocycles. The van der Waals surface area contributed by atoms with Crippen molar-refractivity contribution in [2.24, 2.45) is 0 Å². The maximum absolute atomic E-state index is 13.2. The number of carbonyl (C=O) groups is 4. The fourth-order valence-electron chi connectivity index (χ4n) is 14.2. The van der Waals surface area contributed by atoms with Crippen molar-refractivity contribution in [2.45, 2.75) is 515 Å². The third-order valence-corrected chi connectivity index (χ3v) is 23.3. The van der Waals surface area contributed by atoms with Crippen LogP contribution in [0.3, 0.4) is 0 Å². The maximum atomic E-state index is 13.2. The van der Waals surface area contributed by atoms with Crippen molar-refractivity contribution < 1.29 is 80.2 Å². The van der Waals surface area contributed by atoms with E-state index in [1.165, 1.54) is 327 Å². The van der Waals surface area contributed by atoms with Gasteiger partial charge in [-0.2, -0.15) is 0 Å². The lowest BCUT2D eigenvalue weighted by molar-refractivity contribution is -0.161. The van der Waals surface area contributed by atoms with Crippen LogP contribution in [-0.2, 0) is 65.4 Å². The van der Waals surface area contributed by atoms with E-state index in [2.05, 4.69) is 27.7 Å². The van der Waals surface area contributed by atoms with Gasteiger partial charge in [0.15, 0.2) is 12.2 Å². The van der Waals surface area contributed by atoms with Gasteiger partial charge in [0, 0.05) is 25.7 Å². The molecule has 648 valence electrons. The van der Waals surface area contributed by atoms with E-state index >= 15 is 0 Å². The van der Waals surface area contributed by atoms with Gasteiger partial charge in [-0.25, -0.2) is 9.13 Å². The summed E-state index contributed by atoms with van der Waals surface area (Å²) in [7, 11) is -9.93. The lowest BCUT2D eigenvalue weighted by Gasteiger charge is -2.21. The minimum Gasteiger partial charge on any atom is -0.462 e. The Balaban J connectivity index is 5.18. The van der Waals surface area contributed by atoms with E-state index in [-0.39, 0.29) is 25.7 Å². The molecular formula is C90H176O17P2. The Morgan fingerprint density at radius 2 is 0.367 bits per heavy atom. The standard InChI is InChI=1S/C90H176O17P2/c1-5-9-13-17-21-25-28-31-34-37-40-43-46-49-52-55-59-63-67-71-75-88(93)101-81-86(107-90(95)77-73-69-65-61-57-54-51-48-45-42-39-36-33-30-27-23-19-15-11-7-3)83-105-109(98,99)103-79-84(91)78-102-108(96,97)104-82-85(80-100-87(92)74-70-66-62-58-24-20-16-12-8-4)106-89(94)76-72-68-64-60-56-53-50-47-44-41-38-35-32-29-26-22-18-14-10-6-2/h84-86,91H,5-83H2,1-4H3,(H,96,97)(H,98,99)/t84-,85+,86+/m0/s1. The zero-order chi connectivity index (χ0) is 79.6. The van der Waals surface area contributed by atoms with Crippen molar-refractivity contribution >= 4 is 39.5 Å². The van der Waals surface area contributed by atoms with E-state index in [0.29, 0.717) is 25.7 Å². The van der Waals surface area contributed by atoms with Crippen LogP contribution in [0.4, 0.5) is 0 Å². The summed E-state index contributed by atoms with van der Waals surface area (Å²) in [6, 6.07) is 0. The lowest BCUT2D eigenvalue weighted by atomic mass is 10.0. The van der Waals surface area contributed by atoms with Crippen LogP contribution in [0, 0.1) is 0 Å². The van der Waals surface area contributed by atoms with Gasteiger partial charge < -0.3 is 33.8 Å². The molecule has 0 rings (SSSR count). The van der Waals surface area contributed by atoms with E-state index in [0.717, 1.165) is 89.9 Å². The zero-order valence-corrected chi connectivity index (χ0v) is 73.3. The minimum atomic E-state index is -4.97. The zero-order valence-electron chi connectivity index (χ0n) is 71.5. The molecule has 19 heteroatoms. The van der Waals surface area contributed by atoms with Gasteiger partial charge in [-0.05, 0) is 25.7 Å². The third-order valence-electron chi connectivity index (χ3n) is 21.4. The van der Waals surface area contributed by atoms with Crippen LogP contribution < -0.4 is 0 Å². The van der Waals surface area contributed by atoms with Gasteiger partial charge in [-0.15, -0.1) is 0 Å². The molecule has 0 amide bonds. The first kappa shape index (κ1) is 107. The molecule has 0 fully saturated rings. The highest BCUT2D eigenvalue weighted by Crippen LogP contribution is 2.45. The van der Waals surface area contributed by atoms with Crippen LogP contribution in [0.2, 0.25) is 0 Å². The van der Waals surface area contributed by atoms with Gasteiger partial charge in [0.25, 0.3) is 0 Å². The van der Waals surface area contributed by atoms with Crippen molar-refractivity contribution in [3.05, 3.63) is 0 Å². The highest BCUT2D eigenvalue weighted by atomic mass is 31.2. The molecule has 17 nitrogen and oxygen atoms in total. The van der Waals surface area contributed by atoms with Crippen molar-refractivity contribution in [1.82, 2.24) is 0 Å². The van der Waals surface area contributed by atoms with Crippen molar-refractivity contribution in [2.75, 3.05) is 39.6 Å². The van der Waals surface area contributed by atoms with Crippen LogP contribution in [0.25, 0.3) is 0 Å². The fraction of sp³-hybridized carbons (Fsp3) is 0.956. The maximum Gasteiger partial charge on any atom is 0.472 e. The Morgan fingerprint density at radius 3 is 0.541 bits per heavy atom. The number of phosphoric acid groups is 2. The molecule has 0 aliphatic carbocycles. The summed E-state index contributed by atoms with van der Waals surface area (Å²) in [6.45, 7) is 5.06. The Hall–Kier alpha value is -1.94. The van der Waals surface area contributed by atoms with Gasteiger partial charge in [0.05, 0.1) is 26.4 Å². The molecule has 5 atom stereocenters. The van der Waals surface area contributed by atoms with E-state index < -0.39 is 97.5 Å². The first-order chi connectivity index (χ1) is 53.2. The van der Waals surface area contributed by atoms with Gasteiger partial charge in [-0.1, -0.05) is 445 Å². The molecular weight excluding hydrogens is 1410 g/mol. The molecule has 0 aromatic rings. The minimum absolute atomic E-state index is 0.110. The Bertz CT molecular complexity index is 2050. The number of phosphoric ester groups is 2. The Kier molecular flexibility index (Phi) is 82.5. The van der Waals surface area contributed by atoms with Crippen LogP contribution in [-0.4, -0.2) is 96.7 Å². The molecule has 2 unspecified atom stereocenters. The van der Waals surface area contributed by atoms with Gasteiger partial charge in [0.1, 0.15) is 19.3 Å². The van der Waals surface area contributed by atoms with Gasteiger partial charge in [0.2, 0.25) is 0 Å². The van der Waals surface area contributed by atoms with Crippen LogP contribution in [0.1, 0.15) is 496 Å². The summed E-state index contributed by atoms with van der Waals surface area (Å²) < 4.78 is 69.0. The lowest BCUT2D eigenvalue weighted by Crippen LogP contribution is -2.30. The SMILES string of the molecule is CCCCCCCCCCCCCCCCCCCCCCC(=O)OC[C@H](COP(=O)(O)OC[C@@H](O)COP(=O)(O)OC[C@@H](COC(=O)CCCCCCCCCCC)OC(=O)CCCCCCCCCCCCCCCCCCCCCC)OC(=O)CCCCCCCCCCCCCCCCCCCCCC. The summed E-state index contributed by atoms with van der Waals surface area (Å²) >= 11 is 0. The topological polar surface area (TPSA) is 237 Å². The number of esters is 4. The van der Waals surface area contributed by atoms with Crippen molar-refractivity contribution in [3.63, 3.8) is 0 Å². The predicted octanol–water partition coefficient (Wildman–Crippen LogP) is 28.1. The second-order valence-corrected chi connectivity index (χ2v) is 35.3. The number of aliphatic hydroxyl groups is 1. The second-order valence-electron chi connectivity index (χ2n) is 32.3. The Morgan fingerprint density at radius 1 is 0.220 bits per heavy atom. The van der Waals surface area contributed by atoms with E-state index in [9.17, 15) is 43.2 Å². The number of rotatable bonds is 91. The molecule has 0 bridgehead atoms. The molecule has 0 heterocycles. The molecule has 0 saturated heterocycles. The van der Waals surface area contributed by atoms with E-state index in [1.807, 2.05) is 0 Å². The van der Waals surface area contributed by atoms with Gasteiger partial charge in [-0.3, -0.25) is 37.3 Å². The molecule has 0 saturated carbocycles. The summed E-state index contributed by atoms with van der Waals surface area (Å²) in [5.74, 6) is -2.09. The smallest absolute Gasteiger partial charge is 0.462 e. The average molecular weight is 1590 g/mol. The van der Waals surface area contributed by atoms with Crippen LogP contribution in [0.15, 0.2) is 0 Å². The fourth-order valence-corrected chi connectivity index (χ4v) is 15.8. The first-order valence-electron chi connectivity index (χ1n) is 46.8. The van der Waals surface area contributed by atoms with Crippen molar-refractivity contribution in [3.8, 4) is 0 Å². The molecule has 0 radical (unpaired) electrons. The third kappa shape index (κ3) is 83.8. The van der Waals surface area contributed by atoms with Crippen LogP contribution in [0.5, 0.6) is 0 Å². The molecule has 109 heavy (non-hydrogen) atoms. The molecule has 0 aliphatic heterocycles. The number of ether oxygens (including phenoxy) is 4. The normalized spacial score (nSPS) is 13.6. The van der Waals surface area contributed by atoms with Crippen LogP contribution >= 0.6 is 15.6 Å². The quantitative estimate of drug-likeness (QED) is 0.0222. The summed E-state index contributed by atoms with van der Waals surface area (Å²) in [5, 5.41) is 10.7. The van der Waals surface area contributed by atoms with E-state index in [1.54, 1.807) is 0 Å². The highest BCUT2D eigenvalue weighted by molar-refractivity contribution is 7.47. The Labute approximate surface area is 670 Å². The summed E-state index contributed by atoms with van der Waals surface area (Å²) in [6.07, 6.45) is 80.8. The van der Waals surface area contributed by atoms with Crippen molar-refractivity contribution in [1.29, 1.82) is 0 Å². The summed E-state index contributed by atoms with van der Waals surface area (Å²) in [5.41, 5.74) is 0. The summed E-state index contributed by atoms with van der Waals surface area (Å²) in [4.78, 5) is 73.3. The molecule has 0 spiro atoms. The molecule has 3 N–H and O–H groups in total. The number of hydrogen-bond acceptors (Lipinski definition) is 15. The molecule has 0 aromatic carbocycles. The average Bonchev–Trinajstić information content (AvgIpc) is 0.932. The second kappa shape index (κ2) is 84.0. The number of unbranched alkanes of at least 4 members (excludes halogenated alkanes) is 65. The highest BCUT2D eigenvalue weighted by Gasteiger charge is 2.30. The number of hydrogen-bond donors (Lipinski definition) is 3. The first-order valence-corrected chi connectivity index (χ1v) is 49.8. The molecule has 0 aliphatic rings. The predicted molar refractivity (Wildman–Crippen MR) is 451 cm³/mol. The largest absolute Gasteiger partial charge is 0.472 e. The monoisotopic (exact) mass is 1590 g/mol. The van der Waals surface area contributed by atoms with Gasteiger partial charge >= 0.3 is 39.5 Å². The number of carbonyl (C=O) groups excluding carboxylic acids is 4. The number of aliphatic hydroxyl groups excluding tert-OH is 1. The van der Waals surface area contributed by atoms with E-state index in [4.69, 9.17) is 37.0 Å².